The summed E-state index contributed by atoms with van der Waals surface area (Å²) in [5.41, 5.74) is -0.937. The largest absolute Gasteiger partial charge is 0.432 e. The Bertz CT molecular complexity index is 761. The van der Waals surface area contributed by atoms with Crippen molar-refractivity contribution >= 4 is 23.1 Å². The molecule has 0 aliphatic carbocycles. The number of benzene rings is 2. The van der Waals surface area contributed by atoms with E-state index in [1.165, 1.54) is 0 Å². The zero-order valence-electron chi connectivity index (χ0n) is 13.2. The van der Waals surface area contributed by atoms with E-state index in [9.17, 15) is 22.4 Å². The number of nitrogens with one attached hydrogen (secondary N) is 1. The lowest BCUT2D eigenvalue weighted by molar-refractivity contribution is -0.118. The molecule has 26 heavy (non-hydrogen) atoms. The minimum atomic E-state index is -4.94. The summed E-state index contributed by atoms with van der Waals surface area (Å²) in [7, 11) is 0. The van der Waals surface area contributed by atoms with Crippen molar-refractivity contribution < 1.29 is 22.4 Å². The first kappa shape index (κ1) is 19.7. The summed E-state index contributed by atoms with van der Waals surface area (Å²) in [5.74, 6) is -1.53. The maximum atomic E-state index is 13.1. The summed E-state index contributed by atoms with van der Waals surface area (Å²) in [6.07, 6.45) is -4.89. The molecule has 2 rings (SSSR count). The van der Waals surface area contributed by atoms with Crippen LogP contribution >= 0.6 is 11.6 Å². The lowest BCUT2D eigenvalue weighted by atomic mass is 10.0. The van der Waals surface area contributed by atoms with Crippen LogP contribution in [0.5, 0.6) is 0 Å². The van der Waals surface area contributed by atoms with Gasteiger partial charge in [-0.25, -0.2) is 4.39 Å². The van der Waals surface area contributed by atoms with Crippen LogP contribution in [0.4, 0.5) is 17.6 Å². The van der Waals surface area contributed by atoms with Crippen molar-refractivity contribution in [1.29, 1.82) is 0 Å². The number of hydrogen-bond donors (Lipinski definition) is 1. The zero-order valence-corrected chi connectivity index (χ0v) is 13.9. The van der Waals surface area contributed by atoms with Crippen LogP contribution in [0.1, 0.15) is 11.1 Å². The molecule has 0 spiro atoms. The number of rotatable bonds is 6. The molecule has 0 radical (unpaired) electrons. The molecule has 1 atom stereocenters. The van der Waals surface area contributed by atoms with Gasteiger partial charge in [0.25, 0.3) is 0 Å². The molecule has 0 aliphatic heterocycles. The predicted octanol–water partition coefficient (Wildman–Crippen LogP) is 4.58. The normalized spacial score (nSPS) is 13.0. The molecule has 8 heteroatoms. The molecule has 0 bridgehead atoms. The number of halogens is 5. The number of hydrazone groups is 1. The van der Waals surface area contributed by atoms with Gasteiger partial charge in [-0.3, -0.25) is 10.2 Å². The number of nitrogens with zero attached hydrogens (tertiary/aromatic N) is 1. The molecular formula is C18H13ClF4N2O. The van der Waals surface area contributed by atoms with Crippen LogP contribution in [0.25, 0.3) is 0 Å². The first-order valence-electron chi connectivity index (χ1n) is 7.34. The van der Waals surface area contributed by atoms with E-state index in [-0.39, 0.29) is 11.8 Å². The minimum absolute atomic E-state index is 0.0504. The molecule has 1 N–H and O–H groups in total. The zero-order chi connectivity index (χ0) is 19.2. The van der Waals surface area contributed by atoms with Crippen LogP contribution < -0.4 is 5.43 Å². The Morgan fingerprint density at radius 2 is 1.46 bits per heavy atom. The number of ketones is 1. The molecule has 0 saturated heterocycles. The Morgan fingerprint density at radius 3 is 1.85 bits per heavy atom. The van der Waals surface area contributed by atoms with Gasteiger partial charge in [-0.05, 0) is 0 Å². The number of carbonyl (C=O) groups is 1. The Labute approximate surface area is 152 Å². The van der Waals surface area contributed by atoms with Gasteiger partial charge in [-0.1, -0.05) is 72.3 Å². The second-order valence-electron chi connectivity index (χ2n) is 5.06. The monoisotopic (exact) mass is 384 g/mol. The first-order chi connectivity index (χ1) is 12.3. The summed E-state index contributed by atoms with van der Waals surface area (Å²) in [6.45, 7) is 0. The van der Waals surface area contributed by atoms with Gasteiger partial charge in [0.05, 0.1) is 5.71 Å². The van der Waals surface area contributed by atoms with E-state index in [1.54, 1.807) is 60.7 Å². The number of carbonyl (C=O) groups excluding carboxylic acids is 1. The van der Waals surface area contributed by atoms with Crippen molar-refractivity contribution in [2.75, 3.05) is 0 Å². The van der Waals surface area contributed by atoms with Gasteiger partial charge >= 0.3 is 6.18 Å². The highest BCUT2D eigenvalue weighted by Crippen LogP contribution is 2.24. The molecule has 0 heterocycles. The van der Waals surface area contributed by atoms with E-state index in [0.29, 0.717) is 11.1 Å². The molecule has 2 aromatic carbocycles. The number of alkyl halides is 5. The summed E-state index contributed by atoms with van der Waals surface area (Å²) in [6, 6.07) is 17.0. The second kappa shape index (κ2) is 8.62. The molecular weight excluding hydrogens is 372 g/mol. The fourth-order valence-corrected chi connectivity index (χ4v) is 2.05. The molecule has 0 fully saturated rings. The average Bonchev–Trinajstić information content (AvgIpc) is 2.61. The first-order valence-corrected chi connectivity index (χ1v) is 7.78. The molecule has 2 aromatic rings. The Hall–Kier alpha value is -2.67. The number of hydrogen-bond acceptors (Lipinski definition) is 3. The average molecular weight is 385 g/mol. The van der Waals surface area contributed by atoms with Gasteiger partial charge < -0.3 is 0 Å². The maximum absolute atomic E-state index is 13.1. The number of allylic oxidation sites excluding steroid dienone is 2. The van der Waals surface area contributed by atoms with E-state index < -0.39 is 23.3 Å². The summed E-state index contributed by atoms with van der Waals surface area (Å²) in [4.78, 5) is 11.2. The van der Waals surface area contributed by atoms with Gasteiger partial charge in [0.1, 0.15) is 5.70 Å². The quantitative estimate of drug-likeness (QED) is 0.260. The van der Waals surface area contributed by atoms with Gasteiger partial charge in [0.2, 0.25) is 11.4 Å². The summed E-state index contributed by atoms with van der Waals surface area (Å²) in [5, 5.41) is 3.80. The smallest absolute Gasteiger partial charge is 0.290 e. The fourth-order valence-electron chi connectivity index (χ4n) is 1.99. The molecule has 1 unspecified atom stereocenters. The third-order valence-electron chi connectivity index (χ3n) is 3.19. The lowest BCUT2D eigenvalue weighted by Gasteiger charge is -2.13. The van der Waals surface area contributed by atoms with Crippen LogP contribution in [0, 0.1) is 0 Å². The van der Waals surface area contributed by atoms with Crippen molar-refractivity contribution in [2.24, 2.45) is 5.10 Å². The van der Waals surface area contributed by atoms with Crippen LogP contribution in [-0.4, -0.2) is 23.3 Å². The maximum Gasteiger partial charge on any atom is 0.432 e. The second-order valence-corrected chi connectivity index (χ2v) is 5.45. The van der Waals surface area contributed by atoms with Crippen LogP contribution in [0.15, 0.2) is 77.5 Å². The Balaban J connectivity index is 2.44. The van der Waals surface area contributed by atoms with Crippen molar-refractivity contribution in [3.8, 4) is 0 Å². The van der Waals surface area contributed by atoms with E-state index in [0.717, 1.165) is 0 Å². The van der Waals surface area contributed by atoms with Crippen LogP contribution in [0.2, 0.25) is 0 Å². The van der Waals surface area contributed by atoms with E-state index >= 15 is 0 Å². The molecule has 3 nitrogen and oxygen atoms in total. The van der Waals surface area contributed by atoms with E-state index in [2.05, 4.69) is 5.10 Å². The summed E-state index contributed by atoms with van der Waals surface area (Å²) >= 11 is 4.89. The summed E-state index contributed by atoms with van der Waals surface area (Å²) < 4.78 is 52.0. The lowest BCUT2D eigenvalue weighted by Crippen LogP contribution is -2.26. The highest BCUT2D eigenvalue weighted by molar-refractivity contribution is 6.31. The van der Waals surface area contributed by atoms with Gasteiger partial charge in [0, 0.05) is 17.2 Å². The SMILES string of the molecule is O=C(/C=C(\NN=C(c1ccccc1)c1ccccc1)C(F)(F)F)C(F)Cl. The van der Waals surface area contributed by atoms with E-state index in [1.807, 2.05) is 5.43 Å². The molecule has 0 aliphatic rings. The molecule has 0 aromatic heterocycles. The predicted molar refractivity (Wildman–Crippen MR) is 91.6 cm³/mol. The van der Waals surface area contributed by atoms with Crippen molar-refractivity contribution in [3.05, 3.63) is 83.6 Å². The van der Waals surface area contributed by atoms with Crippen LogP contribution in [-0.2, 0) is 4.79 Å². The standard InChI is InChI=1S/C18H13ClF4N2O/c19-17(20)14(26)11-15(18(21,22)23)24-25-16(12-7-3-1-4-8-12)13-9-5-2-6-10-13/h1-11,17,24H/b15-11-. The van der Waals surface area contributed by atoms with Crippen molar-refractivity contribution in [3.63, 3.8) is 0 Å². The highest BCUT2D eigenvalue weighted by Gasteiger charge is 2.35. The molecule has 136 valence electrons. The van der Waals surface area contributed by atoms with Crippen LogP contribution in [0.3, 0.4) is 0 Å². The van der Waals surface area contributed by atoms with Crippen molar-refractivity contribution in [2.45, 2.75) is 11.8 Å². The van der Waals surface area contributed by atoms with Crippen molar-refractivity contribution in [1.82, 2.24) is 5.43 Å². The Morgan fingerprint density at radius 1 is 1.00 bits per heavy atom. The minimum Gasteiger partial charge on any atom is -0.290 e. The molecule has 0 amide bonds. The topological polar surface area (TPSA) is 41.5 Å². The Kier molecular flexibility index (Phi) is 6.52. The third kappa shape index (κ3) is 5.42. The fraction of sp³-hybridized carbons (Fsp3) is 0.111. The third-order valence-corrected chi connectivity index (χ3v) is 3.40. The molecule has 0 saturated carbocycles. The van der Waals surface area contributed by atoms with Gasteiger partial charge in [-0.2, -0.15) is 18.3 Å². The van der Waals surface area contributed by atoms with E-state index in [4.69, 9.17) is 11.6 Å². The highest BCUT2D eigenvalue weighted by atomic mass is 35.5. The van der Waals surface area contributed by atoms with Gasteiger partial charge in [-0.15, -0.1) is 0 Å². The van der Waals surface area contributed by atoms with Gasteiger partial charge in [0.15, 0.2) is 0 Å².